The van der Waals surface area contributed by atoms with E-state index in [1.807, 2.05) is 0 Å². The Balaban J connectivity index is 2.55. The molecule has 1 aromatic rings. The molecule has 1 amide bonds. The maximum absolute atomic E-state index is 11.0. The van der Waals surface area contributed by atoms with Crippen molar-refractivity contribution in [2.75, 3.05) is 5.32 Å². The normalized spacial score (nSPS) is 14.8. The Hall–Kier alpha value is -1.92. The summed E-state index contributed by atoms with van der Waals surface area (Å²) in [5.74, 6) is 0.256. The minimum Gasteiger partial charge on any atom is -0.358 e. The Bertz CT molecular complexity index is 423. The minimum absolute atomic E-state index is 0.198. The van der Waals surface area contributed by atoms with Crippen LogP contribution < -0.4 is 5.32 Å². The van der Waals surface area contributed by atoms with Gasteiger partial charge < -0.3 is 15.4 Å². The van der Waals surface area contributed by atoms with Crippen LogP contribution in [-0.4, -0.2) is 20.4 Å². The third-order valence-electron chi connectivity index (χ3n) is 2.13. The first kappa shape index (κ1) is 8.67. The number of rotatable bonds is 1. The van der Waals surface area contributed by atoms with E-state index in [1.54, 1.807) is 11.5 Å². The molecular formula is C7H8N4O3. The van der Waals surface area contributed by atoms with Crippen molar-refractivity contribution in [3.05, 3.63) is 15.9 Å². The van der Waals surface area contributed by atoms with Gasteiger partial charge in [-0.15, -0.1) is 0 Å². The molecule has 1 aliphatic rings. The minimum atomic E-state index is -0.593. The van der Waals surface area contributed by atoms with Crippen molar-refractivity contribution in [3.63, 3.8) is 0 Å². The number of nitrogens with one attached hydrogen (secondary N) is 1. The fraction of sp³-hybridized carbons (Fsp3) is 0.429. The quantitative estimate of drug-likeness (QED) is 0.521. The molecule has 0 saturated heterocycles. The number of aromatic nitrogens is 2. The average Bonchev–Trinajstić information content (AvgIpc) is 2.43. The number of imidazole rings is 1. The Labute approximate surface area is 78.9 Å². The second kappa shape index (κ2) is 2.79. The zero-order chi connectivity index (χ0) is 10.3. The molecule has 74 valence electrons. The number of nitro groups is 1. The SMILES string of the molecule is Cc1nc([N+](=O)[O-])c2n1CCC(=O)N2. The number of hydrogen-bond donors (Lipinski definition) is 1. The van der Waals surface area contributed by atoms with E-state index in [2.05, 4.69) is 10.3 Å². The van der Waals surface area contributed by atoms with Gasteiger partial charge in [-0.05, 0) is 9.91 Å². The molecule has 0 atom stereocenters. The fourth-order valence-electron chi connectivity index (χ4n) is 1.48. The van der Waals surface area contributed by atoms with E-state index in [1.165, 1.54) is 0 Å². The van der Waals surface area contributed by atoms with E-state index in [0.717, 1.165) is 0 Å². The summed E-state index contributed by atoms with van der Waals surface area (Å²) in [6.45, 7) is 2.13. The van der Waals surface area contributed by atoms with Crippen molar-refractivity contribution >= 4 is 17.5 Å². The summed E-state index contributed by atoms with van der Waals surface area (Å²) in [7, 11) is 0. The molecule has 14 heavy (non-hydrogen) atoms. The Morgan fingerprint density at radius 2 is 2.36 bits per heavy atom. The number of amides is 1. The molecule has 0 radical (unpaired) electrons. The summed E-state index contributed by atoms with van der Waals surface area (Å²) in [6.07, 6.45) is 0.335. The van der Waals surface area contributed by atoms with Crippen molar-refractivity contribution in [2.24, 2.45) is 0 Å². The number of carbonyl (C=O) groups is 1. The molecule has 0 aliphatic carbocycles. The van der Waals surface area contributed by atoms with Crippen molar-refractivity contribution in [2.45, 2.75) is 19.9 Å². The first-order valence-electron chi connectivity index (χ1n) is 4.11. The van der Waals surface area contributed by atoms with Gasteiger partial charge in [0.05, 0.1) is 0 Å². The van der Waals surface area contributed by atoms with Crippen LogP contribution in [0.1, 0.15) is 12.2 Å². The maximum Gasteiger partial charge on any atom is 0.407 e. The molecule has 7 heteroatoms. The third kappa shape index (κ3) is 1.13. The maximum atomic E-state index is 11.0. The van der Waals surface area contributed by atoms with Gasteiger partial charge in [-0.1, -0.05) is 0 Å². The molecule has 7 nitrogen and oxygen atoms in total. The van der Waals surface area contributed by atoms with Crippen LogP contribution >= 0.6 is 0 Å². The van der Waals surface area contributed by atoms with Gasteiger partial charge in [0.25, 0.3) is 0 Å². The zero-order valence-electron chi connectivity index (χ0n) is 7.48. The predicted octanol–water partition coefficient (Wildman–Crippen LogP) is 0.442. The number of hydrogen-bond acceptors (Lipinski definition) is 4. The van der Waals surface area contributed by atoms with Crippen molar-refractivity contribution in [1.29, 1.82) is 0 Å². The Morgan fingerprint density at radius 1 is 1.64 bits per heavy atom. The van der Waals surface area contributed by atoms with Crippen molar-refractivity contribution in [1.82, 2.24) is 9.55 Å². The molecule has 0 saturated carbocycles. The number of anilines is 1. The van der Waals surface area contributed by atoms with Gasteiger partial charge in [-0.3, -0.25) is 9.36 Å². The summed E-state index contributed by atoms with van der Waals surface area (Å²) >= 11 is 0. The summed E-state index contributed by atoms with van der Waals surface area (Å²) in [4.78, 5) is 24.8. The highest BCUT2D eigenvalue weighted by Crippen LogP contribution is 2.27. The monoisotopic (exact) mass is 196 g/mol. The lowest BCUT2D eigenvalue weighted by Crippen LogP contribution is -2.23. The van der Waals surface area contributed by atoms with E-state index >= 15 is 0 Å². The highest BCUT2D eigenvalue weighted by molar-refractivity contribution is 5.93. The van der Waals surface area contributed by atoms with Crippen molar-refractivity contribution in [3.8, 4) is 0 Å². The summed E-state index contributed by atoms with van der Waals surface area (Å²) < 4.78 is 1.64. The first-order chi connectivity index (χ1) is 6.59. The zero-order valence-corrected chi connectivity index (χ0v) is 7.48. The standard InChI is InChI=1S/C7H8N4O3/c1-4-8-7(11(13)14)6-9-5(12)2-3-10(4)6/h2-3H2,1H3,(H,9,12). The molecule has 0 unspecified atom stereocenters. The van der Waals surface area contributed by atoms with Gasteiger partial charge in [0.1, 0.15) is 0 Å². The van der Waals surface area contributed by atoms with E-state index in [-0.39, 0.29) is 17.5 Å². The average molecular weight is 196 g/mol. The first-order valence-corrected chi connectivity index (χ1v) is 4.11. The number of fused-ring (bicyclic) bond motifs is 1. The van der Waals surface area contributed by atoms with Crippen LogP contribution in [0.15, 0.2) is 0 Å². The van der Waals surface area contributed by atoms with Gasteiger partial charge in [0, 0.05) is 19.9 Å². The topological polar surface area (TPSA) is 90.1 Å². The molecule has 0 spiro atoms. The van der Waals surface area contributed by atoms with Crippen LogP contribution in [0, 0.1) is 17.0 Å². The summed E-state index contributed by atoms with van der Waals surface area (Å²) in [6, 6.07) is 0. The molecule has 1 aromatic heterocycles. The lowest BCUT2D eigenvalue weighted by atomic mass is 10.3. The van der Waals surface area contributed by atoms with Gasteiger partial charge in [0.15, 0.2) is 0 Å². The van der Waals surface area contributed by atoms with Crippen molar-refractivity contribution < 1.29 is 9.72 Å². The molecule has 1 aliphatic heterocycles. The van der Waals surface area contributed by atoms with E-state index in [9.17, 15) is 14.9 Å². The molecule has 0 fully saturated rings. The van der Waals surface area contributed by atoms with Crippen LogP contribution in [0.2, 0.25) is 0 Å². The van der Waals surface area contributed by atoms with Crippen LogP contribution in [0.25, 0.3) is 0 Å². The predicted molar refractivity (Wildman–Crippen MR) is 46.9 cm³/mol. The number of nitrogens with zero attached hydrogens (tertiary/aromatic N) is 3. The van der Waals surface area contributed by atoms with Gasteiger partial charge >= 0.3 is 5.82 Å². The second-order valence-electron chi connectivity index (χ2n) is 3.04. The Kier molecular flexibility index (Phi) is 1.73. The van der Waals surface area contributed by atoms with E-state index in [4.69, 9.17) is 0 Å². The molecule has 0 aromatic carbocycles. The van der Waals surface area contributed by atoms with Gasteiger partial charge in [-0.2, -0.15) is 0 Å². The van der Waals surface area contributed by atoms with Crippen LogP contribution in [0.5, 0.6) is 0 Å². The molecule has 0 bridgehead atoms. The summed E-state index contributed by atoms with van der Waals surface area (Å²) in [5, 5.41) is 13.0. The highest BCUT2D eigenvalue weighted by Gasteiger charge is 2.29. The highest BCUT2D eigenvalue weighted by atomic mass is 16.6. The van der Waals surface area contributed by atoms with Crippen LogP contribution in [0.4, 0.5) is 11.6 Å². The Morgan fingerprint density at radius 3 is 3.00 bits per heavy atom. The van der Waals surface area contributed by atoms with Crippen LogP contribution in [-0.2, 0) is 11.3 Å². The smallest absolute Gasteiger partial charge is 0.358 e. The molecule has 1 N–H and O–H groups in total. The van der Waals surface area contributed by atoms with Gasteiger partial charge in [0.2, 0.25) is 17.5 Å². The fourth-order valence-corrected chi connectivity index (χ4v) is 1.48. The number of aryl methyl sites for hydroxylation is 1. The lowest BCUT2D eigenvalue weighted by Gasteiger charge is -2.13. The van der Waals surface area contributed by atoms with Gasteiger partial charge in [-0.25, -0.2) is 0 Å². The summed E-state index contributed by atoms with van der Waals surface area (Å²) in [5.41, 5.74) is 0. The lowest BCUT2D eigenvalue weighted by molar-refractivity contribution is -0.388. The van der Waals surface area contributed by atoms with Crippen LogP contribution in [0.3, 0.4) is 0 Å². The molecule has 2 heterocycles. The van der Waals surface area contributed by atoms with E-state index < -0.39 is 4.92 Å². The number of carbonyl (C=O) groups excluding carboxylic acids is 1. The second-order valence-corrected chi connectivity index (χ2v) is 3.04. The third-order valence-corrected chi connectivity index (χ3v) is 2.13. The van der Waals surface area contributed by atoms with E-state index in [0.29, 0.717) is 18.8 Å². The molecule has 2 rings (SSSR count). The molecular weight excluding hydrogens is 188 g/mol. The largest absolute Gasteiger partial charge is 0.407 e.